The maximum Gasteiger partial charge on any atom is 0.255 e. The number of para-hydroxylation sites is 1. The Kier molecular flexibility index (Phi) is 7.97. The molecule has 3 aromatic carbocycles. The molecular formula is C30H31N5O4S. The number of nitrogens with one attached hydrogen (secondary N) is 2. The van der Waals surface area contributed by atoms with Crippen LogP contribution >= 0.6 is 11.8 Å². The van der Waals surface area contributed by atoms with E-state index in [9.17, 15) is 4.79 Å². The van der Waals surface area contributed by atoms with Crippen molar-refractivity contribution in [3.8, 4) is 17.2 Å². The molecule has 1 atom stereocenters. The van der Waals surface area contributed by atoms with Crippen LogP contribution in [-0.4, -0.2) is 42.0 Å². The van der Waals surface area contributed by atoms with E-state index in [4.69, 9.17) is 24.3 Å². The van der Waals surface area contributed by atoms with Gasteiger partial charge in [-0.2, -0.15) is 4.98 Å². The lowest BCUT2D eigenvalue weighted by Gasteiger charge is -2.29. The quantitative estimate of drug-likeness (QED) is 0.248. The smallest absolute Gasteiger partial charge is 0.255 e. The largest absolute Gasteiger partial charge is 0.493 e. The van der Waals surface area contributed by atoms with Crippen molar-refractivity contribution in [2.45, 2.75) is 30.8 Å². The van der Waals surface area contributed by atoms with Gasteiger partial charge in [0.1, 0.15) is 6.04 Å². The molecule has 1 aliphatic heterocycles. The molecule has 0 spiro atoms. The molecular weight excluding hydrogens is 526 g/mol. The number of allylic oxidation sites excluding steroid dienone is 1. The number of benzene rings is 3. The molecule has 1 amide bonds. The number of hydrogen-bond donors (Lipinski definition) is 2. The second kappa shape index (κ2) is 11.7. The maximum atomic E-state index is 13.9. The minimum absolute atomic E-state index is 0.252. The zero-order chi connectivity index (χ0) is 28.2. The normalized spacial score (nSPS) is 14.3. The van der Waals surface area contributed by atoms with E-state index < -0.39 is 6.04 Å². The summed E-state index contributed by atoms with van der Waals surface area (Å²) in [5.74, 6) is 2.43. The predicted molar refractivity (Wildman–Crippen MR) is 156 cm³/mol. The van der Waals surface area contributed by atoms with Gasteiger partial charge in [0.25, 0.3) is 5.91 Å². The van der Waals surface area contributed by atoms with Crippen molar-refractivity contribution in [3.05, 3.63) is 94.7 Å². The lowest BCUT2D eigenvalue weighted by Crippen LogP contribution is -2.31. The van der Waals surface area contributed by atoms with Gasteiger partial charge in [0.15, 0.2) is 11.5 Å². The number of thioether (sulfide) groups is 1. The van der Waals surface area contributed by atoms with E-state index in [1.54, 1.807) is 26.0 Å². The molecule has 0 radical (unpaired) electrons. The van der Waals surface area contributed by atoms with Gasteiger partial charge >= 0.3 is 0 Å². The highest BCUT2D eigenvalue weighted by atomic mass is 32.2. The average molecular weight is 558 g/mol. The first-order chi connectivity index (χ1) is 19.4. The van der Waals surface area contributed by atoms with E-state index in [0.29, 0.717) is 45.4 Å². The van der Waals surface area contributed by atoms with Crippen LogP contribution in [0.2, 0.25) is 0 Å². The van der Waals surface area contributed by atoms with Crippen molar-refractivity contribution in [1.82, 2.24) is 14.8 Å². The van der Waals surface area contributed by atoms with Crippen LogP contribution in [0.15, 0.2) is 83.2 Å². The van der Waals surface area contributed by atoms with E-state index in [1.807, 2.05) is 68.4 Å². The molecule has 1 aromatic heterocycles. The van der Waals surface area contributed by atoms with Gasteiger partial charge in [0.2, 0.25) is 16.9 Å². The van der Waals surface area contributed by atoms with E-state index >= 15 is 0 Å². The van der Waals surface area contributed by atoms with Crippen molar-refractivity contribution in [3.63, 3.8) is 0 Å². The first kappa shape index (κ1) is 27.1. The number of methoxy groups -OCH3 is 3. The fraction of sp³-hybridized carbons (Fsp3) is 0.233. The van der Waals surface area contributed by atoms with Crippen LogP contribution < -0.4 is 24.8 Å². The molecule has 10 heteroatoms. The fourth-order valence-corrected chi connectivity index (χ4v) is 5.46. The van der Waals surface area contributed by atoms with Crippen molar-refractivity contribution >= 4 is 29.3 Å². The molecule has 0 saturated heterocycles. The van der Waals surface area contributed by atoms with Gasteiger partial charge < -0.3 is 24.8 Å². The minimum Gasteiger partial charge on any atom is -0.493 e. The number of anilines is 2. The zero-order valence-corrected chi connectivity index (χ0v) is 23.8. The summed E-state index contributed by atoms with van der Waals surface area (Å²) in [7, 11) is 4.69. The molecule has 5 rings (SSSR count). The van der Waals surface area contributed by atoms with Crippen LogP contribution in [0.4, 0.5) is 11.6 Å². The molecule has 206 valence electrons. The highest BCUT2D eigenvalue weighted by Crippen LogP contribution is 2.44. The Labute approximate surface area is 237 Å². The Balaban J connectivity index is 1.59. The standard InChI is InChI=1S/C30H31N5O4S/c1-18-11-9-10-14-22(18)32-28(36)25-19(2)31-29-33-30(40-17-20-12-7-6-8-13-20)34-35(29)26(25)21-15-23(37-3)27(39-5)24(16-21)38-4/h6-16,26H,17H2,1-5H3,(H,32,36)(H,31,33,34)/t26-/m0/s1. The number of nitrogens with zero attached hydrogens (tertiary/aromatic N) is 3. The van der Waals surface area contributed by atoms with Crippen LogP contribution in [0.5, 0.6) is 17.2 Å². The number of aryl methyl sites for hydroxylation is 1. The third kappa shape index (κ3) is 5.35. The van der Waals surface area contributed by atoms with Gasteiger partial charge in [-0.1, -0.05) is 60.3 Å². The van der Waals surface area contributed by atoms with Crippen molar-refractivity contribution < 1.29 is 19.0 Å². The Morgan fingerprint density at radius 2 is 1.65 bits per heavy atom. The minimum atomic E-state index is -0.618. The van der Waals surface area contributed by atoms with Crippen molar-refractivity contribution in [1.29, 1.82) is 0 Å². The number of hydrogen-bond acceptors (Lipinski definition) is 8. The second-order valence-electron chi connectivity index (χ2n) is 9.23. The summed E-state index contributed by atoms with van der Waals surface area (Å²) < 4.78 is 18.6. The lowest BCUT2D eigenvalue weighted by atomic mass is 9.94. The highest BCUT2D eigenvalue weighted by molar-refractivity contribution is 7.98. The predicted octanol–water partition coefficient (Wildman–Crippen LogP) is 5.83. The number of ether oxygens (including phenoxy) is 3. The Bertz CT molecular complexity index is 1540. The molecule has 0 fully saturated rings. The third-order valence-corrected chi connectivity index (χ3v) is 7.59. The summed E-state index contributed by atoms with van der Waals surface area (Å²) in [5.41, 5.74) is 4.76. The summed E-state index contributed by atoms with van der Waals surface area (Å²) in [6, 6.07) is 20.9. The Morgan fingerprint density at radius 1 is 0.975 bits per heavy atom. The lowest BCUT2D eigenvalue weighted by molar-refractivity contribution is -0.113. The number of amides is 1. The van der Waals surface area contributed by atoms with Crippen molar-refractivity contribution in [2.24, 2.45) is 0 Å². The molecule has 0 unspecified atom stereocenters. The monoisotopic (exact) mass is 557 g/mol. The fourth-order valence-electron chi connectivity index (χ4n) is 4.68. The van der Waals surface area contributed by atoms with Gasteiger partial charge in [0.05, 0.1) is 26.9 Å². The summed E-state index contributed by atoms with van der Waals surface area (Å²) in [6.45, 7) is 3.82. The number of carbonyl (C=O) groups is 1. The number of carbonyl (C=O) groups excluding carboxylic acids is 1. The van der Waals surface area contributed by atoms with Crippen LogP contribution in [0, 0.1) is 6.92 Å². The van der Waals surface area contributed by atoms with Gasteiger partial charge in [0, 0.05) is 17.1 Å². The van der Waals surface area contributed by atoms with Crippen LogP contribution in [-0.2, 0) is 10.5 Å². The Morgan fingerprint density at radius 3 is 2.30 bits per heavy atom. The topological polar surface area (TPSA) is 99.5 Å². The van der Waals surface area contributed by atoms with Crippen molar-refractivity contribution in [2.75, 3.05) is 32.0 Å². The number of rotatable bonds is 9. The summed E-state index contributed by atoms with van der Waals surface area (Å²) >= 11 is 1.53. The first-order valence-corrected chi connectivity index (χ1v) is 13.7. The second-order valence-corrected chi connectivity index (χ2v) is 10.2. The summed E-state index contributed by atoms with van der Waals surface area (Å²) in [5, 5.41) is 11.8. The molecule has 9 nitrogen and oxygen atoms in total. The molecule has 0 bridgehead atoms. The average Bonchev–Trinajstić information content (AvgIpc) is 3.38. The van der Waals surface area contributed by atoms with E-state index in [0.717, 1.165) is 16.8 Å². The molecule has 0 saturated carbocycles. The molecule has 40 heavy (non-hydrogen) atoms. The molecule has 4 aromatic rings. The zero-order valence-electron chi connectivity index (χ0n) is 23.0. The first-order valence-electron chi connectivity index (χ1n) is 12.7. The van der Waals surface area contributed by atoms with Crippen LogP contribution in [0.3, 0.4) is 0 Å². The van der Waals surface area contributed by atoms with Gasteiger partial charge in [-0.05, 0) is 48.7 Å². The highest BCUT2D eigenvalue weighted by Gasteiger charge is 2.36. The number of aromatic nitrogens is 3. The molecule has 2 heterocycles. The van der Waals surface area contributed by atoms with E-state index in [-0.39, 0.29) is 5.91 Å². The summed E-state index contributed by atoms with van der Waals surface area (Å²) in [4.78, 5) is 18.7. The molecule has 2 N–H and O–H groups in total. The summed E-state index contributed by atoms with van der Waals surface area (Å²) in [6.07, 6.45) is 0. The van der Waals surface area contributed by atoms with Crippen LogP contribution in [0.25, 0.3) is 0 Å². The SMILES string of the molecule is COc1cc([C@H]2C(C(=O)Nc3ccccc3C)=C(C)Nc3nc(SCc4ccccc4)nn32)cc(OC)c1OC. The maximum absolute atomic E-state index is 13.9. The van der Waals surface area contributed by atoms with Crippen LogP contribution in [0.1, 0.15) is 29.7 Å². The van der Waals surface area contributed by atoms with Gasteiger partial charge in [-0.15, -0.1) is 5.10 Å². The number of fused-ring (bicyclic) bond motifs is 1. The van der Waals surface area contributed by atoms with E-state index in [1.165, 1.54) is 17.3 Å². The van der Waals surface area contributed by atoms with Gasteiger partial charge in [-0.3, -0.25) is 4.79 Å². The van der Waals surface area contributed by atoms with E-state index in [2.05, 4.69) is 22.8 Å². The van der Waals surface area contributed by atoms with Gasteiger partial charge in [-0.25, -0.2) is 4.68 Å². The third-order valence-electron chi connectivity index (χ3n) is 6.68. The molecule has 1 aliphatic rings. The Hall–Kier alpha value is -4.44. The molecule has 0 aliphatic carbocycles.